The Morgan fingerprint density at radius 3 is 2.79 bits per heavy atom. The van der Waals surface area contributed by atoms with E-state index < -0.39 is 5.60 Å². The van der Waals surface area contributed by atoms with Crippen LogP contribution in [0.3, 0.4) is 0 Å². The fourth-order valence-electron chi connectivity index (χ4n) is 1.81. The van der Waals surface area contributed by atoms with Crippen LogP contribution in [0.2, 0.25) is 0 Å². The van der Waals surface area contributed by atoms with Gasteiger partial charge in [-0.05, 0) is 20.8 Å². The van der Waals surface area contributed by atoms with E-state index in [0.717, 1.165) is 0 Å². The largest absolute Gasteiger partial charge is 0.444 e. The number of rotatable bonds is 1. The highest BCUT2D eigenvalue weighted by Crippen LogP contribution is 2.24. The molecular weight excluding hydrogens is 250 g/mol. The molecule has 0 aliphatic carbocycles. The predicted octanol–water partition coefficient (Wildman–Crippen LogP) is 1.69. The summed E-state index contributed by atoms with van der Waals surface area (Å²) in [4.78, 5) is 17.9. The first-order valence-electron chi connectivity index (χ1n) is 6.24. The Labute approximate surface area is 111 Å². The minimum absolute atomic E-state index is 0.345. The molecule has 106 valence electrons. The van der Waals surface area contributed by atoms with E-state index in [1.165, 1.54) is 0 Å². The van der Waals surface area contributed by atoms with Crippen LogP contribution in [-0.4, -0.2) is 46.5 Å². The van der Waals surface area contributed by atoms with E-state index >= 15 is 0 Å². The number of carbonyl (C=O) groups excluding carboxylic acids is 1. The molecule has 1 saturated heterocycles. The van der Waals surface area contributed by atoms with Gasteiger partial charge in [-0.1, -0.05) is 5.16 Å². The summed E-state index contributed by atoms with van der Waals surface area (Å²) < 4.78 is 15.7. The average molecular weight is 269 g/mol. The number of aromatic nitrogens is 2. The molecular formula is C12H19N3O4. The van der Waals surface area contributed by atoms with E-state index in [0.29, 0.717) is 31.5 Å². The van der Waals surface area contributed by atoms with E-state index in [1.54, 1.807) is 11.8 Å². The Morgan fingerprint density at radius 2 is 2.21 bits per heavy atom. The van der Waals surface area contributed by atoms with E-state index in [4.69, 9.17) is 14.0 Å². The van der Waals surface area contributed by atoms with Crippen molar-refractivity contribution in [2.24, 2.45) is 0 Å². The fourth-order valence-corrected chi connectivity index (χ4v) is 1.81. The van der Waals surface area contributed by atoms with Gasteiger partial charge in [0.25, 0.3) is 0 Å². The normalized spacial score (nSPS) is 20.4. The molecule has 1 atom stereocenters. The number of carbonyl (C=O) groups is 1. The van der Waals surface area contributed by atoms with Gasteiger partial charge in [0.2, 0.25) is 5.89 Å². The molecule has 1 aliphatic rings. The monoisotopic (exact) mass is 269 g/mol. The molecule has 1 aromatic rings. The highest BCUT2D eigenvalue weighted by molar-refractivity contribution is 5.68. The molecule has 0 N–H and O–H groups in total. The summed E-state index contributed by atoms with van der Waals surface area (Å²) in [5.74, 6) is 0.910. The lowest BCUT2D eigenvalue weighted by Gasteiger charge is -2.34. The number of hydrogen-bond donors (Lipinski definition) is 0. The second kappa shape index (κ2) is 5.16. The zero-order valence-electron chi connectivity index (χ0n) is 11.7. The Balaban J connectivity index is 2.14. The van der Waals surface area contributed by atoms with Crippen molar-refractivity contribution in [3.8, 4) is 0 Å². The summed E-state index contributed by atoms with van der Waals surface area (Å²) in [6.45, 7) is 8.48. The van der Waals surface area contributed by atoms with Gasteiger partial charge in [0, 0.05) is 13.5 Å². The van der Waals surface area contributed by atoms with Crippen molar-refractivity contribution in [1.82, 2.24) is 15.0 Å². The molecule has 0 radical (unpaired) electrons. The van der Waals surface area contributed by atoms with Gasteiger partial charge < -0.3 is 14.0 Å². The number of ether oxygens (including phenoxy) is 2. The van der Waals surface area contributed by atoms with Crippen LogP contribution < -0.4 is 0 Å². The summed E-state index contributed by atoms with van der Waals surface area (Å²) >= 11 is 0. The summed E-state index contributed by atoms with van der Waals surface area (Å²) in [6.07, 6.45) is -0.386. The third-order valence-electron chi connectivity index (χ3n) is 2.60. The van der Waals surface area contributed by atoms with Crippen molar-refractivity contribution in [1.29, 1.82) is 0 Å². The molecule has 0 unspecified atom stereocenters. The van der Waals surface area contributed by atoms with Gasteiger partial charge in [0.1, 0.15) is 11.6 Å². The number of morpholine rings is 1. The quantitative estimate of drug-likeness (QED) is 0.772. The number of nitrogens with zero attached hydrogens (tertiary/aromatic N) is 3. The topological polar surface area (TPSA) is 77.7 Å². The second-order valence-corrected chi connectivity index (χ2v) is 5.44. The first-order valence-corrected chi connectivity index (χ1v) is 6.24. The van der Waals surface area contributed by atoms with Crippen molar-refractivity contribution in [3.05, 3.63) is 11.7 Å². The SMILES string of the molecule is Cc1nc([C@H]2COCCN2C(=O)OC(C)(C)C)no1. The van der Waals surface area contributed by atoms with E-state index in [9.17, 15) is 4.79 Å². The number of aryl methyl sites for hydroxylation is 1. The Morgan fingerprint density at radius 1 is 1.47 bits per heavy atom. The molecule has 7 nitrogen and oxygen atoms in total. The minimum atomic E-state index is -0.535. The highest BCUT2D eigenvalue weighted by Gasteiger charge is 2.34. The Bertz CT molecular complexity index is 452. The fraction of sp³-hybridized carbons (Fsp3) is 0.750. The minimum Gasteiger partial charge on any atom is -0.444 e. The standard InChI is InChI=1S/C12H19N3O4/c1-8-13-10(14-19-8)9-7-17-6-5-15(9)11(16)18-12(2,3)4/h9H,5-7H2,1-4H3/t9-/m1/s1. The highest BCUT2D eigenvalue weighted by atomic mass is 16.6. The van der Waals surface area contributed by atoms with Gasteiger partial charge in [-0.2, -0.15) is 4.98 Å². The molecule has 19 heavy (non-hydrogen) atoms. The first-order chi connectivity index (χ1) is 8.87. The Hall–Kier alpha value is -1.63. The van der Waals surface area contributed by atoms with E-state index in [1.807, 2.05) is 20.8 Å². The van der Waals surface area contributed by atoms with Crippen LogP contribution in [0, 0.1) is 6.92 Å². The van der Waals surface area contributed by atoms with Crippen LogP contribution in [0.1, 0.15) is 38.5 Å². The van der Waals surface area contributed by atoms with Crippen LogP contribution in [-0.2, 0) is 9.47 Å². The molecule has 1 aliphatic heterocycles. The van der Waals surface area contributed by atoms with Gasteiger partial charge >= 0.3 is 6.09 Å². The molecule has 0 aromatic carbocycles. The van der Waals surface area contributed by atoms with Crippen molar-refractivity contribution in [3.63, 3.8) is 0 Å². The third-order valence-corrected chi connectivity index (χ3v) is 2.60. The summed E-state index contributed by atoms with van der Waals surface area (Å²) in [5.41, 5.74) is -0.535. The van der Waals surface area contributed by atoms with Crippen molar-refractivity contribution in [2.45, 2.75) is 39.3 Å². The lowest BCUT2D eigenvalue weighted by molar-refractivity contribution is -0.0354. The smallest absolute Gasteiger partial charge is 0.411 e. The average Bonchev–Trinajstić information content (AvgIpc) is 2.73. The van der Waals surface area contributed by atoms with Gasteiger partial charge in [0.05, 0.1) is 13.2 Å². The van der Waals surface area contributed by atoms with Crippen molar-refractivity contribution in [2.75, 3.05) is 19.8 Å². The summed E-state index contributed by atoms with van der Waals surface area (Å²) in [5, 5.41) is 3.85. The molecule has 7 heteroatoms. The summed E-state index contributed by atoms with van der Waals surface area (Å²) in [6, 6.07) is -0.360. The molecule has 2 heterocycles. The second-order valence-electron chi connectivity index (χ2n) is 5.44. The van der Waals surface area contributed by atoms with Crippen LogP contribution >= 0.6 is 0 Å². The maximum atomic E-state index is 12.2. The maximum absolute atomic E-state index is 12.2. The van der Waals surface area contributed by atoms with E-state index in [-0.39, 0.29) is 12.1 Å². The van der Waals surface area contributed by atoms with Crippen LogP contribution in [0.4, 0.5) is 4.79 Å². The lowest BCUT2D eigenvalue weighted by atomic mass is 10.2. The van der Waals surface area contributed by atoms with Gasteiger partial charge in [0.15, 0.2) is 5.82 Å². The molecule has 1 amide bonds. The molecule has 1 aromatic heterocycles. The zero-order valence-corrected chi connectivity index (χ0v) is 11.7. The Kier molecular flexibility index (Phi) is 3.75. The zero-order chi connectivity index (χ0) is 14.0. The summed E-state index contributed by atoms with van der Waals surface area (Å²) in [7, 11) is 0. The first kappa shape index (κ1) is 13.8. The molecule has 0 spiro atoms. The molecule has 2 rings (SSSR count). The van der Waals surface area contributed by atoms with Crippen LogP contribution in [0.25, 0.3) is 0 Å². The predicted molar refractivity (Wildman–Crippen MR) is 65.5 cm³/mol. The molecule has 0 saturated carbocycles. The maximum Gasteiger partial charge on any atom is 0.411 e. The van der Waals surface area contributed by atoms with E-state index in [2.05, 4.69) is 10.1 Å². The lowest BCUT2D eigenvalue weighted by Crippen LogP contribution is -2.46. The van der Waals surface area contributed by atoms with Crippen LogP contribution in [0.5, 0.6) is 0 Å². The third kappa shape index (κ3) is 3.44. The molecule has 0 bridgehead atoms. The van der Waals surface area contributed by atoms with Gasteiger partial charge in [-0.25, -0.2) is 4.79 Å². The number of hydrogen-bond acceptors (Lipinski definition) is 6. The van der Waals surface area contributed by atoms with Gasteiger partial charge in [-0.15, -0.1) is 0 Å². The molecule has 1 fully saturated rings. The van der Waals surface area contributed by atoms with Gasteiger partial charge in [-0.3, -0.25) is 4.90 Å². The number of amides is 1. The van der Waals surface area contributed by atoms with Crippen LogP contribution in [0.15, 0.2) is 4.52 Å². The van der Waals surface area contributed by atoms with Crippen molar-refractivity contribution >= 4 is 6.09 Å². The van der Waals surface area contributed by atoms with Crippen molar-refractivity contribution < 1.29 is 18.8 Å².